The summed E-state index contributed by atoms with van der Waals surface area (Å²) in [5, 5.41) is 2.07. The van der Waals surface area contributed by atoms with Crippen molar-refractivity contribution >= 4 is 34.1 Å². The summed E-state index contributed by atoms with van der Waals surface area (Å²) in [5.41, 5.74) is 3.74. The van der Waals surface area contributed by atoms with Crippen molar-refractivity contribution in [2.45, 2.75) is 32.4 Å². The molecule has 0 saturated carbocycles. The first-order chi connectivity index (χ1) is 15.7. The first kappa shape index (κ1) is 21.4. The van der Waals surface area contributed by atoms with Gasteiger partial charge in [-0.1, -0.05) is 35.9 Å². The number of fused-ring (bicyclic) bond motifs is 1. The quantitative estimate of drug-likeness (QED) is 0.548. The lowest BCUT2D eigenvalue weighted by molar-refractivity contribution is -0.130. The average Bonchev–Trinajstić information content (AvgIpc) is 3.47. The van der Waals surface area contributed by atoms with Crippen LogP contribution >= 0.6 is 11.6 Å². The van der Waals surface area contributed by atoms with Gasteiger partial charge in [0.15, 0.2) is 0 Å². The van der Waals surface area contributed by atoms with E-state index in [9.17, 15) is 4.79 Å². The van der Waals surface area contributed by atoms with Crippen molar-refractivity contribution in [3.05, 3.63) is 65.3 Å². The van der Waals surface area contributed by atoms with Crippen LogP contribution in [0.25, 0.3) is 10.9 Å². The van der Waals surface area contributed by atoms with Gasteiger partial charge in [0.2, 0.25) is 5.91 Å². The minimum atomic E-state index is 0.302. The van der Waals surface area contributed by atoms with Crippen molar-refractivity contribution < 1.29 is 4.79 Å². The van der Waals surface area contributed by atoms with E-state index in [-0.39, 0.29) is 0 Å². The largest absolute Gasteiger partial charge is 0.369 e. The molecule has 1 amide bonds. The molecule has 3 aromatic rings. The Balaban J connectivity index is 1.24. The summed E-state index contributed by atoms with van der Waals surface area (Å²) >= 11 is 6.18. The van der Waals surface area contributed by atoms with Gasteiger partial charge in [0.1, 0.15) is 0 Å². The second-order valence-electron chi connectivity index (χ2n) is 8.96. The van der Waals surface area contributed by atoms with Crippen LogP contribution in [0.1, 0.15) is 24.8 Å². The Labute approximate surface area is 195 Å². The number of amides is 1. The van der Waals surface area contributed by atoms with Crippen LogP contribution in [0.5, 0.6) is 0 Å². The molecule has 2 fully saturated rings. The zero-order valence-electron chi connectivity index (χ0n) is 18.5. The van der Waals surface area contributed by atoms with Crippen LogP contribution in [-0.4, -0.2) is 59.5 Å². The number of rotatable bonds is 6. The lowest BCUT2D eigenvalue weighted by atomic mass is 10.1. The highest BCUT2D eigenvalue weighted by atomic mass is 35.5. The van der Waals surface area contributed by atoms with Gasteiger partial charge in [-0.25, -0.2) is 0 Å². The van der Waals surface area contributed by atoms with E-state index in [2.05, 4.69) is 50.9 Å². The number of piperazine rings is 1. The number of hydrogen-bond acceptors (Lipinski definition) is 3. The molecular formula is C26H31ClN4O. The number of para-hydroxylation sites is 1. The molecule has 0 atom stereocenters. The van der Waals surface area contributed by atoms with E-state index in [1.807, 2.05) is 23.1 Å². The van der Waals surface area contributed by atoms with Crippen molar-refractivity contribution in [1.82, 2.24) is 14.4 Å². The molecule has 0 N–H and O–H groups in total. The third-order valence-electron chi connectivity index (χ3n) is 6.84. The SMILES string of the molecule is O=C(CCc1cn(CN2CCN(c3cccc(Cl)c3)CC2)c2ccccc12)N1CCCC1. The van der Waals surface area contributed by atoms with Crippen LogP contribution in [-0.2, 0) is 17.9 Å². The molecule has 2 saturated heterocycles. The van der Waals surface area contributed by atoms with Gasteiger partial charge in [-0.05, 0) is 49.1 Å². The maximum absolute atomic E-state index is 12.5. The molecule has 32 heavy (non-hydrogen) atoms. The fourth-order valence-corrected chi connectivity index (χ4v) is 5.23. The minimum absolute atomic E-state index is 0.302. The van der Waals surface area contributed by atoms with E-state index >= 15 is 0 Å². The molecule has 0 aliphatic carbocycles. The third kappa shape index (κ3) is 4.64. The van der Waals surface area contributed by atoms with E-state index < -0.39 is 0 Å². The summed E-state index contributed by atoms with van der Waals surface area (Å²) < 4.78 is 2.36. The second-order valence-corrected chi connectivity index (χ2v) is 9.39. The Kier molecular flexibility index (Phi) is 6.37. The van der Waals surface area contributed by atoms with Gasteiger partial charge in [-0.15, -0.1) is 0 Å². The summed E-state index contributed by atoms with van der Waals surface area (Å²) in [6.45, 7) is 6.77. The van der Waals surface area contributed by atoms with Gasteiger partial charge in [0.05, 0.1) is 6.67 Å². The van der Waals surface area contributed by atoms with Crippen molar-refractivity contribution in [3.8, 4) is 0 Å². The highest BCUT2D eigenvalue weighted by Crippen LogP contribution is 2.25. The summed E-state index contributed by atoms with van der Waals surface area (Å²) in [4.78, 5) is 19.5. The third-order valence-corrected chi connectivity index (χ3v) is 7.07. The number of carbonyl (C=O) groups is 1. The predicted molar refractivity (Wildman–Crippen MR) is 131 cm³/mol. The minimum Gasteiger partial charge on any atom is -0.369 e. The molecule has 5 rings (SSSR count). The fraction of sp³-hybridized carbons (Fsp3) is 0.423. The molecule has 2 aromatic carbocycles. The normalized spacial score (nSPS) is 17.4. The molecule has 2 aliphatic heterocycles. The van der Waals surface area contributed by atoms with Gasteiger partial charge in [-0.2, -0.15) is 0 Å². The highest BCUT2D eigenvalue weighted by Gasteiger charge is 2.20. The van der Waals surface area contributed by atoms with Crippen molar-refractivity contribution in [2.75, 3.05) is 44.2 Å². The van der Waals surface area contributed by atoms with Crippen LogP contribution in [0, 0.1) is 0 Å². The highest BCUT2D eigenvalue weighted by molar-refractivity contribution is 6.30. The number of carbonyl (C=O) groups excluding carboxylic acids is 1. The smallest absolute Gasteiger partial charge is 0.222 e. The van der Waals surface area contributed by atoms with Crippen LogP contribution in [0.4, 0.5) is 5.69 Å². The van der Waals surface area contributed by atoms with Gasteiger partial charge < -0.3 is 14.4 Å². The zero-order valence-corrected chi connectivity index (χ0v) is 19.3. The topological polar surface area (TPSA) is 31.7 Å². The fourth-order valence-electron chi connectivity index (χ4n) is 5.04. The summed E-state index contributed by atoms with van der Waals surface area (Å²) in [7, 11) is 0. The van der Waals surface area contributed by atoms with Crippen LogP contribution in [0.3, 0.4) is 0 Å². The molecule has 0 bridgehead atoms. The average molecular weight is 451 g/mol. The molecule has 6 heteroatoms. The van der Waals surface area contributed by atoms with Crippen molar-refractivity contribution in [1.29, 1.82) is 0 Å². The maximum atomic E-state index is 12.5. The molecule has 0 spiro atoms. The number of nitrogens with zero attached hydrogens (tertiary/aromatic N) is 4. The molecule has 168 valence electrons. The van der Waals surface area contributed by atoms with Gasteiger partial charge >= 0.3 is 0 Å². The Morgan fingerprint density at radius 2 is 1.69 bits per heavy atom. The van der Waals surface area contributed by atoms with Gasteiger partial charge in [-0.3, -0.25) is 9.69 Å². The zero-order chi connectivity index (χ0) is 21.9. The standard InChI is InChI=1S/C26H31ClN4O/c27-22-6-5-7-23(18-22)29-16-14-28(15-17-29)20-31-19-21(24-8-1-2-9-25(24)31)10-11-26(32)30-12-3-4-13-30/h1-2,5-9,18-19H,3-4,10-17,20H2. The first-order valence-corrected chi connectivity index (χ1v) is 12.1. The monoisotopic (exact) mass is 450 g/mol. The number of anilines is 1. The Morgan fingerprint density at radius 3 is 2.47 bits per heavy atom. The number of aromatic nitrogens is 1. The van der Waals surface area contributed by atoms with Crippen molar-refractivity contribution in [3.63, 3.8) is 0 Å². The summed E-state index contributed by atoms with van der Waals surface area (Å²) in [6.07, 6.45) is 5.98. The number of halogens is 1. The lowest BCUT2D eigenvalue weighted by Gasteiger charge is -2.36. The van der Waals surface area contributed by atoms with Crippen LogP contribution in [0.15, 0.2) is 54.7 Å². The molecular weight excluding hydrogens is 420 g/mol. The van der Waals surface area contributed by atoms with E-state index in [1.165, 1.54) is 22.2 Å². The summed E-state index contributed by atoms with van der Waals surface area (Å²) in [6, 6.07) is 16.7. The molecule has 0 radical (unpaired) electrons. The molecule has 0 unspecified atom stereocenters. The maximum Gasteiger partial charge on any atom is 0.222 e. The Hall–Kier alpha value is -2.50. The molecule has 3 heterocycles. The van der Waals surface area contributed by atoms with E-state index in [4.69, 9.17) is 11.6 Å². The number of benzene rings is 2. The van der Waals surface area contributed by atoms with Gasteiger partial charge in [0, 0.05) is 73.5 Å². The predicted octanol–water partition coefficient (Wildman–Crippen LogP) is 4.63. The van der Waals surface area contributed by atoms with Crippen LogP contribution in [0.2, 0.25) is 5.02 Å². The van der Waals surface area contributed by atoms with E-state index in [0.29, 0.717) is 12.3 Å². The summed E-state index contributed by atoms with van der Waals surface area (Å²) in [5.74, 6) is 0.302. The second kappa shape index (κ2) is 9.55. The van der Waals surface area contributed by atoms with Crippen molar-refractivity contribution in [2.24, 2.45) is 0 Å². The number of likely N-dealkylation sites (tertiary alicyclic amines) is 1. The molecule has 5 nitrogen and oxygen atoms in total. The number of aryl methyl sites for hydroxylation is 1. The Morgan fingerprint density at radius 1 is 0.906 bits per heavy atom. The number of hydrogen-bond donors (Lipinski definition) is 0. The van der Waals surface area contributed by atoms with E-state index in [0.717, 1.165) is 70.2 Å². The van der Waals surface area contributed by atoms with E-state index in [1.54, 1.807) is 0 Å². The Bertz CT molecular complexity index is 1080. The first-order valence-electron chi connectivity index (χ1n) is 11.7. The van der Waals surface area contributed by atoms with Crippen LogP contribution < -0.4 is 4.90 Å². The molecule has 2 aliphatic rings. The lowest BCUT2D eigenvalue weighted by Crippen LogP contribution is -2.46. The molecule has 1 aromatic heterocycles. The van der Waals surface area contributed by atoms with Gasteiger partial charge in [0.25, 0.3) is 0 Å².